The standard InChI is InChI=1S/C13H14FN3OS/c14-11-2-1-3-12(16-11)18-10-4-6-17(8-10)9-13-15-5-7-19-13/h1-3,5,7,10H,4,6,8-9H2. The molecule has 3 heterocycles. The van der Waals surface area contributed by atoms with Gasteiger partial charge in [-0.25, -0.2) is 4.98 Å². The van der Waals surface area contributed by atoms with Crippen molar-refractivity contribution >= 4 is 11.3 Å². The predicted molar refractivity (Wildman–Crippen MR) is 70.6 cm³/mol. The fourth-order valence-corrected chi connectivity index (χ4v) is 2.84. The Labute approximate surface area is 114 Å². The summed E-state index contributed by atoms with van der Waals surface area (Å²) in [6.07, 6.45) is 2.83. The molecule has 0 N–H and O–H groups in total. The lowest BCUT2D eigenvalue weighted by Crippen LogP contribution is -2.24. The number of ether oxygens (including phenoxy) is 1. The number of hydrogen-bond donors (Lipinski definition) is 0. The zero-order valence-corrected chi connectivity index (χ0v) is 11.1. The highest BCUT2D eigenvalue weighted by Crippen LogP contribution is 2.19. The summed E-state index contributed by atoms with van der Waals surface area (Å²) in [4.78, 5) is 10.3. The molecule has 1 aliphatic rings. The average Bonchev–Trinajstić information content (AvgIpc) is 3.02. The van der Waals surface area contributed by atoms with E-state index in [1.165, 1.54) is 6.07 Å². The molecule has 2 aromatic heterocycles. The van der Waals surface area contributed by atoms with Crippen LogP contribution < -0.4 is 4.74 Å². The van der Waals surface area contributed by atoms with E-state index in [0.717, 1.165) is 31.1 Å². The van der Waals surface area contributed by atoms with Crippen LogP contribution in [0.5, 0.6) is 5.88 Å². The molecule has 0 amide bonds. The number of halogens is 1. The number of thiazole rings is 1. The van der Waals surface area contributed by atoms with Gasteiger partial charge >= 0.3 is 0 Å². The van der Waals surface area contributed by atoms with Crippen LogP contribution in [0, 0.1) is 5.95 Å². The van der Waals surface area contributed by atoms with Gasteiger partial charge in [-0.05, 0) is 12.5 Å². The zero-order valence-electron chi connectivity index (χ0n) is 10.3. The summed E-state index contributed by atoms with van der Waals surface area (Å²) in [5.41, 5.74) is 0. The first-order valence-electron chi connectivity index (χ1n) is 6.19. The van der Waals surface area contributed by atoms with E-state index in [1.807, 2.05) is 11.6 Å². The van der Waals surface area contributed by atoms with Crippen LogP contribution in [0.15, 0.2) is 29.8 Å². The fraction of sp³-hybridized carbons (Fsp3) is 0.385. The third-order valence-electron chi connectivity index (χ3n) is 3.05. The SMILES string of the molecule is Fc1cccc(OC2CCN(Cc3nccs3)C2)n1. The summed E-state index contributed by atoms with van der Waals surface area (Å²) in [6, 6.07) is 4.61. The van der Waals surface area contributed by atoms with Gasteiger partial charge in [0.25, 0.3) is 0 Å². The highest BCUT2D eigenvalue weighted by Gasteiger charge is 2.24. The van der Waals surface area contributed by atoms with Gasteiger partial charge in [0.2, 0.25) is 11.8 Å². The topological polar surface area (TPSA) is 38.2 Å². The molecule has 1 saturated heterocycles. The zero-order chi connectivity index (χ0) is 13.1. The number of nitrogens with zero attached hydrogens (tertiary/aromatic N) is 3. The van der Waals surface area contributed by atoms with Crippen molar-refractivity contribution in [3.8, 4) is 5.88 Å². The Bertz CT molecular complexity index is 534. The molecule has 6 heteroatoms. The maximum absolute atomic E-state index is 13.0. The van der Waals surface area contributed by atoms with Gasteiger partial charge in [-0.3, -0.25) is 4.90 Å². The first-order chi connectivity index (χ1) is 9.29. The van der Waals surface area contributed by atoms with E-state index in [9.17, 15) is 4.39 Å². The Morgan fingerprint density at radius 2 is 2.42 bits per heavy atom. The van der Waals surface area contributed by atoms with Gasteiger partial charge in [0.15, 0.2) is 0 Å². The minimum absolute atomic E-state index is 0.0780. The van der Waals surface area contributed by atoms with Crippen LogP contribution in [-0.4, -0.2) is 34.1 Å². The number of aromatic nitrogens is 2. The van der Waals surface area contributed by atoms with Gasteiger partial charge in [0, 0.05) is 30.7 Å². The van der Waals surface area contributed by atoms with Gasteiger partial charge < -0.3 is 4.74 Å². The van der Waals surface area contributed by atoms with Crippen molar-refractivity contribution in [2.45, 2.75) is 19.1 Å². The molecule has 19 heavy (non-hydrogen) atoms. The molecule has 0 bridgehead atoms. The third kappa shape index (κ3) is 3.27. The molecule has 1 atom stereocenters. The Balaban J connectivity index is 1.54. The number of hydrogen-bond acceptors (Lipinski definition) is 5. The lowest BCUT2D eigenvalue weighted by Gasteiger charge is -2.15. The maximum Gasteiger partial charge on any atom is 0.216 e. The molecule has 0 radical (unpaired) electrons. The van der Waals surface area contributed by atoms with Crippen LogP contribution in [0.1, 0.15) is 11.4 Å². The molecule has 0 aromatic carbocycles. The summed E-state index contributed by atoms with van der Waals surface area (Å²) < 4.78 is 18.7. The highest BCUT2D eigenvalue weighted by atomic mass is 32.1. The first-order valence-corrected chi connectivity index (χ1v) is 7.07. The van der Waals surface area contributed by atoms with Crippen LogP contribution in [0.2, 0.25) is 0 Å². The Kier molecular flexibility index (Phi) is 3.70. The predicted octanol–water partition coefficient (Wildman–Crippen LogP) is 2.33. The largest absolute Gasteiger partial charge is 0.473 e. The molecular formula is C13H14FN3OS. The smallest absolute Gasteiger partial charge is 0.216 e. The summed E-state index contributed by atoms with van der Waals surface area (Å²) in [5, 5.41) is 3.10. The van der Waals surface area contributed by atoms with Crippen molar-refractivity contribution in [2.75, 3.05) is 13.1 Å². The molecular weight excluding hydrogens is 265 g/mol. The van der Waals surface area contributed by atoms with Crippen molar-refractivity contribution in [1.82, 2.24) is 14.9 Å². The second-order valence-electron chi connectivity index (χ2n) is 4.49. The van der Waals surface area contributed by atoms with E-state index < -0.39 is 5.95 Å². The molecule has 1 aliphatic heterocycles. The second-order valence-corrected chi connectivity index (χ2v) is 5.47. The van der Waals surface area contributed by atoms with Crippen molar-refractivity contribution in [3.05, 3.63) is 40.7 Å². The van der Waals surface area contributed by atoms with Gasteiger partial charge in [-0.1, -0.05) is 6.07 Å². The lowest BCUT2D eigenvalue weighted by molar-refractivity contribution is 0.189. The van der Waals surface area contributed by atoms with E-state index in [2.05, 4.69) is 14.9 Å². The van der Waals surface area contributed by atoms with Crippen LogP contribution in [0.3, 0.4) is 0 Å². The molecule has 3 rings (SSSR count). The number of rotatable bonds is 4. The normalized spacial score (nSPS) is 19.7. The molecule has 100 valence electrons. The number of pyridine rings is 1. The first kappa shape index (κ1) is 12.5. The van der Waals surface area contributed by atoms with E-state index in [-0.39, 0.29) is 6.10 Å². The Morgan fingerprint density at radius 1 is 1.47 bits per heavy atom. The molecule has 2 aromatic rings. The summed E-state index contributed by atoms with van der Waals surface area (Å²) in [7, 11) is 0. The molecule has 4 nitrogen and oxygen atoms in total. The second kappa shape index (κ2) is 5.63. The van der Waals surface area contributed by atoms with Crippen molar-refractivity contribution in [1.29, 1.82) is 0 Å². The van der Waals surface area contributed by atoms with E-state index >= 15 is 0 Å². The van der Waals surface area contributed by atoms with Crippen molar-refractivity contribution < 1.29 is 9.13 Å². The van der Waals surface area contributed by atoms with E-state index in [1.54, 1.807) is 23.5 Å². The van der Waals surface area contributed by atoms with Crippen LogP contribution in [0.4, 0.5) is 4.39 Å². The van der Waals surface area contributed by atoms with Crippen molar-refractivity contribution in [3.63, 3.8) is 0 Å². The molecule has 0 spiro atoms. The van der Waals surface area contributed by atoms with E-state index in [4.69, 9.17) is 4.74 Å². The minimum Gasteiger partial charge on any atom is -0.473 e. The quantitative estimate of drug-likeness (QED) is 0.805. The van der Waals surface area contributed by atoms with Crippen LogP contribution in [0.25, 0.3) is 0 Å². The fourth-order valence-electron chi connectivity index (χ4n) is 2.19. The van der Waals surface area contributed by atoms with Crippen molar-refractivity contribution in [2.24, 2.45) is 0 Å². The monoisotopic (exact) mass is 279 g/mol. The molecule has 1 unspecified atom stereocenters. The summed E-state index contributed by atoms with van der Waals surface area (Å²) in [5.74, 6) is -0.142. The molecule has 0 aliphatic carbocycles. The molecule has 1 fully saturated rings. The van der Waals surface area contributed by atoms with E-state index in [0.29, 0.717) is 5.88 Å². The number of likely N-dealkylation sites (tertiary alicyclic amines) is 1. The lowest BCUT2D eigenvalue weighted by atomic mass is 10.3. The van der Waals surface area contributed by atoms with Crippen LogP contribution in [-0.2, 0) is 6.54 Å². The maximum atomic E-state index is 13.0. The van der Waals surface area contributed by atoms with Gasteiger partial charge in [-0.15, -0.1) is 11.3 Å². The molecule has 0 saturated carbocycles. The Hall–Kier alpha value is -1.53. The highest BCUT2D eigenvalue weighted by molar-refractivity contribution is 7.09. The minimum atomic E-state index is -0.505. The van der Waals surface area contributed by atoms with Gasteiger partial charge in [0.05, 0.1) is 6.54 Å². The third-order valence-corrected chi connectivity index (χ3v) is 3.81. The average molecular weight is 279 g/mol. The summed E-state index contributed by atoms with van der Waals surface area (Å²) in [6.45, 7) is 2.66. The summed E-state index contributed by atoms with van der Waals surface area (Å²) >= 11 is 1.66. The van der Waals surface area contributed by atoms with Gasteiger partial charge in [-0.2, -0.15) is 9.37 Å². The van der Waals surface area contributed by atoms with Crippen LogP contribution >= 0.6 is 11.3 Å². The Morgan fingerprint density at radius 3 is 3.21 bits per heavy atom. The van der Waals surface area contributed by atoms with Gasteiger partial charge in [0.1, 0.15) is 11.1 Å².